The molecule has 0 heterocycles. The summed E-state index contributed by atoms with van der Waals surface area (Å²) in [5, 5.41) is 18.3. The summed E-state index contributed by atoms with van der Waals surface area (Å²) >= 11 is 3.30. The highest BCUT2D eigenvalue weighted by atomic mass is 79.9. The van der Waals surface area contributed by atoms with Crippen molar-refractivity contribution in [1.29, 1.82) is 0 Å². The molecule has 12 heavy (non-hydrogen) atoms. The molecule has 0 saturated carbocycles. The molecule has 1 rings (SSSR count). The molecule has 1 unspecified atom stereocenters. The Labute approximate surface area is 80.0 Å². The first-order valence-electron chi connectivity index (χ1n) is 3.74. The number of aromatic hydroxyl groups is 1. The summed E-state index contributed by atoms with van der Waals surface area (Å²) in [4.78, 5) is 0. The molecule has 0 aliphatic heterocycles. The molecule has 1 atom stereocenters. The molecule has 1 aromatic carbocycles. The van der Waals surface area contributed by atoms with Crippen molar-refractivity contribution in [2.75, 3.05) is 6.61 Å². The maximum Gasteiger partial charge on any atom is 0.119 e. The first-order valence-corrected chi connectivity index (χ1v) is 4.53. The number of hydrogen-bond donors (Lipinski definition) is 2. The Balaban J connectivity index is 3.04. The lowest BCUT2D eigenvalue weighted by atomic mass is 10.0. The van der Waals surface area contributed by atoms with Crippen LogP contribution in [0.5, 0.6) is 5.75 Å². The minimum absolute atomic E-state index is 0.0255. The number of halogens is 1. The topological polar surface area (TPSA) is 40.5 Å². The molecule has 2 N–H and O–H groups in total. The van der Waals surface area contributed by atoms with E-state index < -0.39 is 0 Å². The number of aliphatic hydroxyl groups is 1. The van der Waals surface area contributed by atoms with Gasteiger partial charge in [0, 0.05) is 22.6 Å². The Kier molecular flexibility index (Phi) is 3.12. The summed E-state index contributed by atoms with van der Waals surface area (Å²) in [6.45, 7) is 1.91. The molecule has 0 fully saturated rings. The van der Waals surface area contributed by atoms with Gasteiger partial charge in [0.15, 0.2) is 0 Å². The summed E-state index contributed by atoms with van der Waals surface area (Å²) in [6, 6.07) is 5.20. The number of rotatable bonds is 2. The van der Waals surface area contributed by atoms with Gasteiger partial charge in [0.05, 0.1) is 0 Å². The Morgan fingerprint density at radius 2 is 2.17 bits per heavy atom. The van der Waals surface area contributed by atoms with Crippen LogP contribution in [0, 0.1) is 0 Å². The van der Waals surface area contributed by atoms with Gasteiger partial charge >= 0.3 is 0 Å². The van der Waals surface area contributed by atoms with Crippen molar-refractivity contribution in [3.05, 3.63) is 28.2 Å². The van der Waals surface area contributed by atoms with Crippen LogP contribution in [0.25, 0.3) is 0 Å². The predicted octanol–water partition coefficient (Wildman–Crippen LogP) is 2.25. The average Bonchev–Trinajstić information content (AvgIpc) is 2.08. The minimum atomic E-state index is -0.0255. The van der Waals surface area contributed by atoms with Crippen LogP contribution in [0.1, 0.15) is 18.4 Å². The van der Waals surface area contributed by atoms with E-state index in [4.69, 9.17) is 5.11 Å². The molecule has 0 aliphatic carbocycles. The molecule has 0 radical (unpaired) electrons. The third-order valence-electron chi connectivity index (χ3n) is 1.79. The Morgan fingerprint density at radius 3 is 2.75 bits per heavy atom. The summed E-state index contributed by atoms with van der Waals surface area (Å²) in [5.74, 6) is 0.210. The average molecular weight is 231 g/mol. The zero-order valence-electron chi connectivity index (χ0n) is 6.79. The van der Waals surface area contributed by atoms with Crippen molar-refractivity contribution < 1.29 is 10.2 Å². The van der Waals surface area contributed by atoms with E-state index in [1.165, 1.54) is 0 Å². The smallest absolute Gasteiger partial charge is 0.119 e. The molecule has 0 amide bonds. The SMILES string of the molecule is CC(CO)c1cc(Br)ccc1O. The second kappa shape index (κ2) is 3.92. The first kappa shape index (κ1) is 9.55. The van der Waals surface area contributed by atoms with Crippen molar-refractivity contribution in [3.63, 3.8) is 0 Å². The maximum atomic E-state index is 9.40. The van der Waals surface area contributed by atoms with Gasteiger partial charge in [-0.25, -0.2) is 0 Å². The van der Waals surface area contributed by atoms with Crippen LogP contribution in [0.2, 0.25) is 0 Å². The van der Waals surface area contributed by atoms with E-state index in [-0.39, 0.29) is 18.3 Å². The third kappa shape index (κ3) is 1.99. The van der Waals surface area contributed by atoms with Gasteiger partial charge in [-0.05, 0) is 18.2 Å². The van der Waals surface area contributed by atoms with Crippen molar-refractivity contribution in [2.24, 2.45) is 0 Å². The summed E-state index contributed by atoms with van der Waals surface area (Å²) in [6.07, 6.45) is 0. The fourth-order valence-electron chi connectivity index (χ4n) is 1.02. The van der Waals surface area contributed by atoms with Crippen LogP contribution >= 0.6 is 15.9 Å². The predicted molar refractivity (Wildman–Crippen MR) is 51.3 cm³/mol. The molecule has 66 valence electrons. The van der Waals surface area contributed by atoms with E-state index in [0.29, 0.717) is 0 Å². The molecular formula is C9H11BrO2. The van der Waals surface area contributed by atoms with Crippen LogP contribution in [0.4, 0.5) is 0 Å². The lowest BCUT2D eigenvalue weighted by Gasteiger charge is -2.10. The van der Waals surface area contributed by atoms with Crippen molar-refractivity contribution in [2.45, 2.75) is 12.8 Å². The first-order chi connectivity index (χ1) is 5.65. The van der Waals surface area contributed by atoms with E-state index >= 15 is 0 Å². The number of aliphatic hydroxyl groups excluding tert-OH is 1. The van der Waals surface area contributed by atoms with E-state index in [1.807, 2.05) is 13.0 Å². The van der Waals surface area contributed by atoms with Gasteiger partial charge in [-0.3, -0.25) is 0 Å². The van der Waals surface area contributed by atoms with Crippen LogP contribution < -0.4 is 0 Å². The molecule has 2 nitrogen and oxygen atoms in total. The Hall–Kier alpha value is -0.540. The number of phenols is 1. The van der Waals surface area contributed by atoms with E-state index in [1.54, 1.807) is 12.1 Å². The molecule has 3 heteroatoms. The fourth-order valence-corrected chi connectivity index (χ4v) is 1.40. The Bertz CT molecular complexity index is 273. The zero-order valence-corrected chi connectivity index (χ0v) is 8.37. The molecule has 0 saturated heterocycles. The third-order valence-corrected chi connectivity index (χ3v) is 2.29. The monoisotopic (exact) mass is 230 g/mol. The lowest BCUT2D eigenvalue weighted by Crippen LogP contribution is -1.98. The number of hydrogen-bond acceptors (Lipinski definition) is 2. The normalized spacial score (nSPS) is 12.9. The Morgan fingerprint density at radius 1 is 1.50 bits per heavy atom. The van der Waals surface area contributed by atoms with Crippen molar-refractivity contribution in [1.82, 2.24) is 0 Å². The summed E-state index contributed by atoms with van der Waals surface area (Å²) < 4.78 is 0.913. The van der Waals surface area contributed by atoms with Gasteiger partial charge in [0.25, 0.3) is 0 Å². The van der Waals surface area contributed by atoms with Gasteiger partial charge in [0.2, 0.25) is 0 Å². The maximum absolute atomic E-state index is 9.40. The lowest BCUT2D eigenvalue weighted by molar-refractivity contribution is 0.270. The molecule has 1 aromatic rings. The highest BCUT2D eigenvalue weighted by Gasteiger charge is 2.08. The van der Waals surface area contributed by atoms with Crippen LogP contribution in [0.3, 0.4) is 0 Å². The highest BCUT2D eigenvalue weighted by Crippen LogP contribution is 2.28. The molecule has 0 bridgehead atoms. The van der Waals surface area contributed by atoms with Gasteiger partial charge in [-0.15, -0.1) is 0 Å². The highest BCUT2D eigenvalue weighted by molar-refractivity contribution is 9.10. The van der Waals surface area contributed by atoms with Crippen molar-refractivity contribution >= 4 is 15.9 Å². The van der Waals surface area contributed by atoms with Crippen molar-refractivity contribution in [3.8, 4) is 5.75 Å². The molecular weight excluding hydrogens is 220 g/mol. The van der Waals surface area contributed by atoms with Crippen LogP contribution in [0.15, 0.2) is 22.7 Å². The zero-order chi connectivity index (χ0) is 9.14. The van der Waals surface area contributed by atoms with Crippen LogP contribution in [-0.4, -0.2) is 16.8 Å². The van der Waals surface area contributed by atoms with Gasteiger partial charge in [-0.1, -0.05) is 22.9 Å². The second-order valence-electron chi connectivity index (χ2n) is 2.79. The van der Waals surface area contributed by atoms with Gasteiger partial charge in [-0.2, -0.15) is 0 Å². The van der Waals surface area contributed by atoms with E-state index in [9.17, 15) is 5.11 Å². The number of benzene rings is 1. The molecule has 0 aromatic heterocycles. The van der Waals surface area contributed by atoms with Gasteiger partial charge in [0.1, 0.15) is 5.75 Å². The largest absolute Gasteiger partial charge is 0.508 e. The van der Waals surface area contributed by atoms with E-state index in [2.05, 4.69) is 15.9 Å². The fraction of sp³-hybridized carbons (Fsp3) is 0.333. The molecule has 0 spiro atoms. The number of phenolic OH excluding ortho intramolecular Hbond substituents is 1. The summed E-state index contributed by atoms with van der Waals surface area (Å²) in [5.41, 5.74) is 0.770. The van der Waals surface area contributed by atoms with E-state index in [0.717, 1.165) is 10.0 Å². The van der Waals surface area contributed by atoms with Crippen LogP contribution in [-0.2, 0) is 0 Å². The van der Waals surface area contributed by atoms with Gasteiger partial charge < -0.3 is 10.2 Å². The molecule has 0 aliphatic rings. The minimum Gasteiger partial charge on any atom is -0.508 e. The quantitative estimate of drug-likeness (QED) is 0.819. The second-order valence-corrected chi connectivity index (χ2v) is 3.70. The standard InChI is InChI=1S/C9H11BrO2/c1-6(5-11)8-4-7(10)2-3-9(8)12/h2-4,6,11-12H,5H2,1H3. The summed E-state index contributed by atoms with van der Waals surface area (Å²) in [7, 11) is 0.